The molecule has 2 heterocycles. The molecule has 5 rings (SSSR count). The monoisotopic (exact) mass is 431 g/mol. The Morgan fingerprint density at radius 2 is 1.74 bits per heavy atom. The Bertz CT molecular complexity index is 1400. The van der Waals surface area contributed by atoms with Crippen LogP contribution in [-0.4, -0.2) is 17.8 Å². The molecule has 0 unspecified atom stereocenters. The molecule has 6 heteroatoms. The van der Waals surface area contributed by atoms with Gasteiger partial charge in [0, 0.05) is 18.0 Å². The molecule has 0 atom stereocenters. The van der Waals surface area contributed by atoms with Gasteiger partial charge in [-0.3, -0.25) is 4.72 Å². The summed E-state index contributed by atoms with van der Waals surface area (Å²) in [6.07, 6.45) is 8.20. The molecule has 158 valence electrons. The van der Waals surface area contributed by atoms with Crippen LogP contribution in [-0.2, 0) is 22.9 Å². The van der Waals surface area contributed by atoms with Crippen molar-refractivity contribution in [3.63, 3.8) is 0 Å². The molecular weight excluding hydrogens is 406 g/mol. The van der Waals surface area contributed by atoms with Crippen molar-refractivity contribution in [1.29, 1.82) is 0 Å². The first kappa shape index (κ1) is 19.8. The van der Waals surface area contributed by atoms with Gasteiger partial charge < -0.3 is 4.40 Å². The highest BCUT2D eigenvalue weighted by atomic mass is 32.2. The van der Waals surface area contributed by atoms with Gasteiger partial charge in [-0.1, -0.05) is 18.2 Å². The largest absolute Gasteiger partial charge is 0.306 e. The fourth-order valence-electron chi connectivity index (χ4n) is 4.19. The molecule has 1 N–H and O–H groups in total. The molecule has 0 bridgehead atoms. The zero-order chi connectivity index (χ0) is 21.6. The van der Waals surface area contributed by atoms with E-state index >= 15 is 0 Å². The predicted molar refractivity (Wildman–Crippen MR) is 124 cm³/mol. The minimum Gasteiger partial charge on any atom is -0.306 e. The number of rotatable bonds is 4. The fourth-order valence-corrected chi connectivity index (χ4v) is 5.37. The molecule has 2 aromatic heterocycles. The molecule has 31 heavy (non-hydrogen) atoms. The summed E-state index contributed by atoms with van der Waals surface area (Å²) in [6.45, 7) is 3.94. The summed E-state index contributed by atoms with van der Waals surface area (Å²) in [5.74, 6) is 0. The number of pyridine rings is 1. The third kappa shape index (κ3) is 3.83. The van der Waals surface area contributed by atoms with Gasteiger partial charge in [0.05, 0.1) is 16.3 Å². The third-order valence-corrected chi connectivity index (χ3v) is 7.39. The number of benzene rings is 2. The van der Waals surface area contributed by atoms with Crippen molar-refractivity contribution >= 4 is 21.4 Å². The van der Waals surface area contributed by atoms with Crippen LogP contribution < -0.4 is 4.72 Å². The summed E-state index contributed by atoms with van der Waals surface area (Å²) in [5, 5.41) is 0. The van der Waals surface area contributed by atoms with Crippen LogP contribution in [0.2, 0.25) is 0 Å². The van der Waals surface area contributed by atoms with Crippen LogP contribution in [0.1, 0.15) is 35.1 Å². The maximum absolute atomic E-state index is 13.1. The van der Waals surface area contributed by atoms with Gasteiger partial charge in [0.1, 0.15) is 5.65 Å². The van der Waals surface area contributed by atoms with Crippen LogP contribution in [0, 0.1) is 13.8 Å². The van der Waals surface area contributed by atoms with E-state index in [1.807, 2.05) is 73.1 Å². The van der Waals surface area contributed by atoms with Gasteiger partial charge in [0.15, 0.2) is 0 Å². The minimum absolute atomic E-state index is 0.321. The zero-order valence-electron chi connectivity index (χ0n) is 17.7. The Kier molecular flexibility index (Phi) is 4.82. The number of sulfonamides is 1. The van der Waals surface area contributed by atoms with E-state index in [0.29, 0.717) is 10.6 Å². The molecule has 1 aliphatic rings. The Morgan fingerprint density at radius 1 is 0.935 bits per heavy atom. The molecule has 5 nitrogen and oxygen atoms in total. The Morgan fingerprint density at radius 3 is 2.58 bits per heavy atom. The van der Waals surface area contributed by atoms with Crippen LogP contribution >= 0.6 is 0 Å². The van der Waals surface area contributed by atoms with Gasteiger partial charge in [0.25, 0.3) is 10.0 Å². The number of nitrogens with one attached hydrogen (secondary N) is 1. The molecule has 0 saturated heterocycles. The second kappa shape index (κ2) is 7.54. The number of anilines is 1. The summed E-state index contributed by atoms with van der Waals surface area (Å²) in [7, 11) is -3.67. The third-order valence-electron chi connectivity index (χ3n) is 6.02. The second-order valence-corrected chi connectivity index (χ2v) is 10.1. The lowest BCUT2D eigenvalue weighted by atomic mass is 9.92. The molecule has 0 fully saturated rings. The first-order chi connectivity index (χ1) is 14.9. The van der Waals surface area contributed by atoms with E-state index in [-0.39, 0.29) is 0 Å². The maximum Gasteiger partial charge on any atom is 0.261 e. The molecule has 0 amide bonds. The minimum atomic E-state index is -3.67. The summed E-state index contributed by atoms with van der Waals surface area (Å²) in [6, 6.07) is 15.3. The van der Waals surface area contributed by atoms with Gasteiger partial charge in [-0.15, -0.1) is 0 Å². The van der Waals surface area contributed by atoms with Crippen molar-refractivity contribution in [2.24, 2.45) is 0 Å². The molecule has 4 aromatic rings. The smallest absolute Gasteiger partial charge is 0.261 e. The van der Waals surface area contributed by atoms with Gasteiger partial charge in [-0.2, -0.15) is 0 Å². The van der Waals surface area contributed by atoms with E-state index in [0.717, 1.165) is 52.9 Å². The van der Waals surface area contributed by atoms with Crippen molar-refractivity contribution in [3.8, 4) is 11.3 Å². The van der Waals surface area contributed by atoms with Gasteiger partial charge in [-0.25, -0.2) is 13.4 Å². The normalized spacial score (nSPS) is 13.9. The van der Waals surface area contributed by atoms with Crippen LogP contribution in [0.3, 0.4) is 0 Å². The molecule has 2 aromatic carbocycles. The van der Waals surface area contributed by atoms with E-state index in [2.05, 4.69) is 4.72 Å². The predicted octanol–water partition coefficient (Wildman–Crippen LogP) is 5.30. The fraction of sp³-hybridized carbons (Fsp3) is 0.240. The molecule has 0 aliphatic heterocycles. The van der Waals surface area contributed by atoms with Crippen LogP contribution in [0.15, 0.2) is 65.8 Å². The quantitative estimate of drug-likeness (QED) is 0.477. The van der Waals surface area contributed by atoms with E-state index in [1.165, 1.54) is 12.0 Å². The van der Waals surface area contributed by atoms with Crippen molar-refractivity contribution < 1.29 is 8.42 Å². The molecule has 1 aliphatic carbocycles. The number of fused-ring (bicyclic) bond motifs is 2. The number of aromatic nitrogens is 2. The molecular formula is C25H25N3O2S. The van der Waals surface area contributed by atoms with Gasteiger partial charge >= 0.3 is 0 Å². The van der Waals surface area contributed by atoms with E-state index in [4.69, 9.17) is 4.98 Å². The van der Waals surface area contributed by atoms with Crippen LogP contribution in [0.4, 0.5) is 5.69 Å². The first-order valence-corrected chi connectivity index (χ1v) is 12.1. The molecule has 0 spiro atoms. The topological polar surface area (TPSA) is 63.5 Å². The summed E-state index contributed by atoms with van der Waals surface area (Å²) in [5.41, 5.74) is 7.55. The number of hydrogen-bond donors (Lipinski definition) is 1. The highest BCUT2D eigenvalue weighted by molar-refractivity contribution is 7.92. The molecule has 0 radical (unpaired) electrons. The summed E-state index contributed by atoms with van der Waals surface area (Å²) < 4.78 is 31.0. The van der Waals surface area contributed by atoms with Crippen molar-refractivity contribution in [2.45, 2.75) is 44.4 Å². The number of hydrogen-bond acceptors (Lipinski definition) is 3. The highest BCUT2D eigenvalue weighted by Gasteiger charge is 2.19. The molecule has 0 saturated carbocycles. The average Bonchev–Trinajstić information content (AvgIpc) is 3.18. The summed E-state index contributed by atoms with van der Waals surface area (Å²) in [4.78, 5) is 5.02. The second-order valence-electron chi connectivity index (χ2n) is 8.37. The Balaban J connectivity index is 1.48. The Labute approximate surface area is 182 Å². The van der Waals surface area contributed by atoms with E-state index in [1.54, 1.807) is 6.07 Å². The van der Waals surface area contributed by atoms with Gasteiger partial charge in [-0.05, 0) is 92.1 Å². The van der Waals surface area contributed by atoms with Crippen molar-refractivity contribution in [1.82, 2.24) is 9.38 Å². The highest BCUT2D eigenvalue weighted by Crippen LogP contribution is 2.29. The van der Waals surface area contributed by atoms with Crippen molar-refractivity contribution in [3.05, 3.63) is 83.2 Å². The van der Waals surface area contributed by atoms with Crippen LogP contribution in [0.25, 0.3) is 16.9 Å². The van der Waals surface area contributed by atoms with Crippen molar-refractivity contribution in [2.75, 3.05) is 4.72 Å². The number of nitrogens with zero attached hydrogens (tertiary/aromatic N) is 2. The number of imidazole rings is 1. The standard InChI is InChI=1S/C25H25N3O2S/c1-17-11-12-28-16-24(26-25(28)13-17)21-8-7-18(2)23(15-21)27-31(29,30)22-10-9-19-5-3-4-6-20(19)14-22/h7-16,27H,3-6H2,1-2H3. The van der Waals surface area contributed by atoms with E-state index < -0.39 is 10.0 Å². The lowest BCUT2D eigenvalue weighted by Gasteiger charge is -2.17. The SMILES string of the molecule is Cc1ccn2cc(-c3ccc(C)c(NS(=O)(=O)c4ccc5c(c4)CCCC5)c3)nc2c1. The lowest BCUT2D eigenvalue weighted by Crippen LogP contribution is -2.15. The number of aryl methyl sites for hydroxylation is 4. The van der Waals surface area contributed by atoms with Crippen LogP contribution in [0.5, 0.6) is 0 Å². The maximum atomic E-state index is 13.1. The van der Waals surface area contributed by atoms with Gasteiger partial charge in [0.2, 0.25) is 0 Å². The average molecular weight is 432 g/mol. The van der Waals surface area contributed by atoms with E-state index in [9.17, 15) is 8.42 Å². The Hall–Kier alpha value is -3.12. The first-order valence-electron chi connectivity index (χ1n) is 10.6. The lowest BCUT2D eigenvalue weighted by molar-refractivity contribution is 0.600. The summed E-state index contributed by atoms with van der Waals surface area (Å²) >= 11 is 0. The zero-order valence-corrected chi connectivity index (χ0v) is 18.5.